The Morgan fingerprint density at radius 2 is 2.21 bits per heavy atom. The van der Waals surface area contributed by atoms with Crippen LogP contribution in [0.2, 0.25) is 5.02 Å². The average Bonchev–Trinajstić information content (AvgIpc) is 2.38. The molecule has 1 aromatic carbocycles. The smallest absolute Gasteiger partial charge is 0.320 e. The molecule has 0 heterocycles. The number of carbonyl (C=O) groups is 1. The fourth-order valence-electron chi connectivity index (χ4n) is 2.68. The van der Waals surface area contributed by atoms with Gasteiger partial charge in [0.15, 0.2) is 0 Å². The number of carboxylic acid groups (broad SMARTS) is 1. The predicted molar refractivity (Wildman–Crippen MR) is 74.0 cm³/mol. The molecule has 1 aromatic rings. The summed E-state index contributed by atoms with van der Waals surface area (Å²) in [6.45, 7) is 0. The fourth-order valence-corrected chi connectivity index (χ4v) is 3.00. The van der Waals surface area contributed by atoms with Crippen LogP contribution in [0.5, 0.6) is 5.75 Å². The zero-order valence-electron chi connectivity index (χ0n) is 10.9. The third-order valence-electron chi connectivity index (χ3n) is 3.61. The first kappa shape index (κ1) is 14.2. The normalized spacial score (nSPS) is 15.7. The van der Waals surface area contributed by atoms with Crippen LogP contribution in [0, 0.1) is 0 Å². The van der Waals surface area contributed by atoms with Gasteiger partial charge in [-0.25, -0.2) is 0 Å². The van der Waals surface area contributed by atoms with Crippen molar-refractivity contribution in [3.63, 3.8) is 0 Å². The standard InChI is InChI=1S/C14H18ClNO3/c1-19-13-10(7-12(16)14(17)18)9-5-3-2-4-8(9)6-11(13)15/h6,12H,2-5,7,16H2,1H3,(H,17,18). The van der Waals surface area contributed by atoms with Crippen molar-refractivity contribution in [2.75, 3.05) is 7.11 Å². The van der Waals surface area contributed by atoms with E-state index in [0.29, 0.717) is 10.8 Å². The number of rotatable bonds is 4. The van der Waals surface area contributed by atoms with Crippen molar-refractivity contribution in [1.29, 1.82) is 0 Å². The molecule has 0 amide bonds. The highest BCUT2D eigenvalue weighted by atomic mass is 35.5. The van der Waals surface area contributed by atoms with Crippen molar-refractivity contribution >= 4 is 17.6 Å². The van der Waals surface area contributed by atoms with E-state index >= 15 is 0 Å². The molecule has 1 unspecified atom stereocenters. The minimum atomic E-state index is -1.01. The molecule has 0 aromatic heterocycles. The van der Waals surface area contributed by atoms with Crippen LogP contribution in [0.4, 0.5) is 0 Å². The quantitative estimate of drug-likeness (QED) is 0.888. The highest BCUT2D eigenvalue weighted by Crippen LogP contribution is 2.37. The Kier molecular flexibility index (Phi) is 4.32. The zero-order chi connectivity index (χ0) is 14.0. The third kappa shape index (κ3) is 2.85. The van der Waals surface area contributed by atoms with Crippen LogP contribution >= 0.6 is 11.6 Å². The van der Waals surface area contributed by atoms with Crippen LogP contribution < -0.4 is 10.5 Å². The van der Waals surface area contributed by atoms with Crippen LogP contribution in [-0.4, -0.2) is 24.2 Å². The van der Waals surface area contributed by atoms with Crippen LogP contribution in [0.25, 0.3) is 0 Å². The van der Waals surface area contributed by atoms with Gasteiger partial charge in [0, 0.05) is 12.0 Å². The van der Waals surface area contributed by atoms with Gasteiger partial charge < -0.3 is 15.6 Å². The number of methoxy groups -OCH3 is 1. The Hall–Kier alpha value is -1.26. The lowest BCUT2D eigenvalue weighted by Crippen LogP contribution is -2.33. The van der Waals surface area contributed by atoms with E-state index < -0.39 is 12.0 Å². The number of carboxylic acids is 1. The minimum absolute atomic E-state index is 0.251. The summed E-state index contributed by atoms with van der Waals surface area (Å²) in [7, 11) is 1.55. The summed E-state index contributed by atoms with van der Waals surface area (Å²) in [5, 5.41) is 9.52. The lowest BCUT2D eigenvalue weighted by Gasteiger charge is -2.23. The second-order valence-electron chi connectivity index (χ2n) is 4.86. The maximum Gasteiger partial charge on any atom is 0.320 e. The molecule has 0 aliphatic heterocycles. The van der Waals surface area contributed by atoms with Crippen LogP contribution in [0.15, 0.2) is 6.07 Å². The van der Waals surface area contributed by atoms with Gasteiger partial charge in [0.1, 0.15) is 11.8 Å². The first-order chi connectivity index (χ1) is 9.04. The first-order valence-corrected chi connectivity index (χ1v) is 6.78. The number of benzene rings is 1. The van der Waals surface area contributed by atoms with Gasteiger partial charge in [0.05, 0.1) is 12.1 Å². The summed E-state index contributed by atoms with van der Waals surface area (Å²) in [6, 6.07) is 1.00. The molecular weight excluding hydrogens is 266 g/mol. The highest BCUT2D eigenvalue weighted by molar-refractivity contribution is 6.32. The van der Waals surface area contributed by atoms with Gasteiger partial charge in [0.2, 0.25) is 0 Å². The van der Waals surface area contributed by atoms with E-state index in [1.54, 1.807) is 7.11 Å². The topological polar surface area (TPSA) is 72.5 Å². The van der Waals surface area contributed by atoms with E-state index in [1.165, 1.54) is 11.1 Å². The Labute approximate surface area is 117 Å². The number of hydrogen-bond donors (Lipinski definition) is 2. The molecule has 1 aliphatic rings. The first-order valence-electron chi connectivity index (χ1n) is 6.40. The molecule has 4 nitrogen and oxygen atoms in total. The zero-order valence-corrected chi connectivity index (χ0v) is 11.7. The number of halogens is 1. The van der Waals surface area contributed by atoms with Gasteiger partial charge >= 0.3 is 5.97 Å². The molecule has 0 spiro atoms. The molecular formula is C14H18ClNO3. The third-order valence-corrected chi connectivity index (χ3v) is 3.89. The molecule has 0 saturated heterocycles. The van der Waals surface area contributed by atoms with E-state index in [4.69, 9.17) is 27.2 Å². The Balaban J connectivity index is 2.48. The average molecular weight is 284 g/mol. The summed E-state index contributed by atoms with van der Waals surface area (Å²) in [6.07, 6.45) is 4.41. The van der Waals surface area contributed by atoms with E-state index in [1.807, 2.05) is 6.07 Å². The molecule has 3 N–H and O–H groups in total. The van der Waals surface area contributed by atoms with Gasteiger partial charge in [-0.3, -0.25) is 4.79 Å². The molecule has 1 atom stereocenters. The van der Waals surface area contributed by atoms with Crippen LogP contribution in [0.3, 0.4) is 0 Å². The molecule has 1 aliphatic carbocycles. The summed E-state index contributed by atoms with van der Waals surface area (Å²) >= 11 is 6.22. The van der Waals surface area contributed by atoms with Crippen molar-refractivity contribution in [3.05, 3.63) is 27.8 Å². The van der Waals surface area contributed by atoms with Gasteiger partial charge in [-0.2, -0.15) is 0 Å². The van der Waals surface area contributed by atoms with E-state index in [-0.39, 0.29) is 6.42 Å². The molecule has 0 fully saturated rings. The molecule has 19 heavy (non-hydrogen) atoms. The number of aryl methyl sites for hydroxylation is 1. The summed E-state index contributed by atoms with van der Waals surface area (Å²) in [5.41, 5.74) is 8.89. The van der Waals surface area contributed by atoms with Gasteiger partial charge in [-0.05, 0) is 42.9 Å². The molecule has 0 saturated carbocycles. The summed E-state index contributed by atoms with van der Waals surface area (Å²) in [5.74, 6) is -0.439. The molecule has 0 radical (unpaired) electrons. The molecule has 104 valence electrons. The molecule has 5 heteroatoms. The van der Waals surface area contributed by atoms with Crippen LogP contribution in [-0.2, 0) is 24.1 Å². The minimum Gasteiger partial charge on any atom is -0.495 e. The SMILES string of the molecule is COc1c(Cl)cc2c(c1CC(N)C(=O)O)CCCC2. The number of fused-ring (bicyclic) bond motifs is 1. The lowest BCUT2D eigenvalue weighted by molar-refractivity contribution is -0.138. The number of hydrogen-bond acceptors (Lipinski definition) is 3. The second-order valence-corrected chi connectivity index (χ2v) is 5.27. The second kappa shape index (κ2) is 5.80. The van der Waals surface area contributed by atoms with E-state index in [9.17, 15) is 4.79 Å². The maximum atomic E-state index is 11.0. The molecule has 0 bridgehead atoms. The van der Waals surface area contributed by atoms with Gasteiger partial charge in [-0.15, -0.1) is 0 Å². The van der Waals surface area contributed by atoms with E-state index in [2.05, 4.69) is 0 Å². The van der Waals surface area contributed by atoms with E-state index in [0.717, 1.165) is 31.2 Å². The van der Waals surface area contributed by atoms with Crippen molar-refractivity contribution in [2.24, 2.45) is 5.73 Å². The van der Waals surface area contributed by atoms with Crippen molar-refractivity contribution < 1.29 is 14.6 Å². The van der Waals surface area contributed by atoms with Crippen LogP contribution in [0.1, 0.15) is 29.5 Å². The number of ether oxygens (including phenoxy) is 1. The predicted octanol–water partition coefficient (Wildman–Crippen LogP) is 2.18. The van der Waals surface area contributed by atoms with Gasteiger partial charge in [-0.1, -0.05) is 11.6 Å². The largest absolute Gasteiger partial charge is 0.495 e. The fraction of sp³-hybridized carbons (Fsp3) is 0.500. The van der Waals surface area contributed by atoms with Gasteiger partial charge in [0.25, 0.3) is 0 Å². The highest BCUT2D eigenvalue weighted by Gasteiger charge is 2.23. The Bertz CT molecular complexity index is 502. The lowest BCUT2D eigenvalue weighted by atomic mass is 9.85. The Morgan fingerprint density at radius 1 is 1.53 bits per heavy atom. The van der Waals surface area contributed by atoms with Crippen molar-refractivity contribution in [2.45, 2.75) is 38.1 Å². The number of aliphatic carboxylic acids is 1. The monoisotopic (exact) mass is 283 g/mol. The maximum absolute atomic E-state index is 11.0. The van der Waals surface area contributed by atoms with Crippen molar-refractivity contribution in [1.82, 2.24) is 0 Å². The number of nitrogens with two attached hydrogens (primary N) is 1. The van der Waals surface area contributed by atoms with Crippen molar-refractivity contribution in [3.8, 4) is 5.75 Å². The molecule has 2 rings (SSSR count). The summed E-state index contributed by atoms with van der Waals surface area (Å²) < 4.78 is 5.34. The Morgan fingerprint density at radius 3 is 2.84 bits per heavy atom. The summed E-state index contributed by atoms with van der Waals surface area (Å²) in [4.78, 5) is 11.0.